The molecule has 1 saturated heterocycles. The number of rotatable bonds is 5. The Morgan fingerprint density at radius 1 is 1.38 bits per heavy atom. The molecule has 1 aromatic carbocycles. The van der Waals surface area contributed by atoms with Gasteiger partial charge in [0.05, 0.1) is 24.5 Å². The van der Waals surface area contributed by atoms with Crippen LogP contribution in [0.15, 0.2) is 30.6 Å². The highest BCUT2D eigenvalue weighted by Crippen LogP contribution is 2.28. The summed E-state index contributed by atoms with van der Waals surface area (Å²) in [4.78, 5) is 0. The summed E-state index contributed by atoms with van der Waals surface area (Å²) in [6, 6.07) is 4.92. The fourth-order valence-electron chi connectivity index (χ4n) is 2.47. The Morgan fingerprint density at radius 2 is 2.29 bits per heavy atom. The molecule has 0 saturated carbocycles. The zero-order chi connectivity index (χ0) is 14.7. The van der Waals surface area contributed by atoms with E-state index in [0.29, 0.717) is 12.1 Å². The molecular formula is C15H19N3O3. The lowest BCUT2D eigenvalue weighted by molar-refractivity contribution is 0.0940. The van der Waals surface area contributed by atoms with Crippen LogP contribution < -0.4 is 5.32 Å². The molecule has 1 fully saturated rings. The van der Waals surface area contributed by atoms with Crippen molar-refractivity contribution in [1.29, 1.82) is 0 Å². The van der Waals surface area contributed by atoms with Gasteiger partial charge in [-0.05, 0) is 18.9 Å². The van der Waals surface area contributed by atoms with Gasteiger partial charge in [0.2, 0.25) is 0 Å². The number of phenols is 2. The third-order valence-electron chi connectivity index (χ3n) is 3.63. The number of para-hydroxylation sites is 1. The molecule has 1 aliphatic heterocycles. The topological polar surface area (TPSA) is 79.5 Å². The second-order valence-corrected chi connectivity index (χ2v) is 5.22. The minimum Gasteiger partial charge on any atom is -0.504 e. The summed E-state index contributed by atoms with van der Waals surface area (Å²) in [6.45, 7) is 2.03. The molecule has 6 nitrogen and oxygen atoms in total. The first kappa shape index (κ1) is 13.8. The molecule has 0 aliphatic carbocycles. The summed E-state index contributed by atoms with van der Waals surface area (Å²) in [7, 11) is 0. The summed E-state index contributed by atoms with van der Waals surface area (Å²) in [6.07, 6.45) is 6.12. The van der Waals surface area contributed by atoms with Crippen LogP contribution in [-0.4, -0.2) is 32.7 Å². The van der Waals surface area contributed by atoms with Crippen LogP contribution in [0.2, 0.25) is 0 Å². The number of hydrogen-bond donors (Lipinski definition) is 3. The Kier molecular flexibility index (Phi) is 3.96. The van der Waals surface area contributed by atoms with Crippen LogP contribution in [0.5, 0.6) is 11.5 Å². The first-order valence-corrected chi connectivity index (χ1v) is 7.10. The molecule has 2 heterocycles. The van der Waals surface area contributed by atoms with Crippen LogP contribution in [0, 0.1) is 0 Å². The van der Waals surface area contributed by atoms with E-state index >= 15 is 0 Å². The van der Waals surface area contributed by atoms with E-state index in [0.717, 1.165) is 31.7 Å². The maximum Gasteiger partial charge on any atom is 0.162 e. The monoisotopic (exact) mass is 289 g/mol. The Morgan fingerprint density at radius 3 is 3.10 bits per heavy atom. The van der Waals surface area contributed by atoms with E-state index < -0.39 is 0 Å². The van der Waals surface area contributed by atoms with Crippen molar-refractivity contribution in [3.05, 3.63) is 36.2 Å². The Balaban J connectivity index is 1.58. The van der Waals surface area contributed by atoms with E-state index in [1.165, 1.54) is 6.07 Å². The second-order valence-electron chi connectivity index (χ2n) is 5.22. The van der Waals surface area contributed by atoms with Crippen LogP contribution in [-0.2, 0) is 17.8 Å². The smallest absolute Gasteiger partial charge is 0.162 e. The molecule has 0 bridgehead atoms. The molecule has 0 spiro atoms. The largest absolute Gasteiger partial charge is 0.504 e. The summed E-state index contributed by atoms with van der Waals surface area (Å²) < 4.78 is 7.44. The van der Waals surface area contributed by atoms with Gasteiger partial charge in [-0.3, -0.25) is 4.68 Å². The first-order valence-electron chi connectivity index (χ1n) is 7.10. The highest BCUT2D eigenvalue weighted by Gasteiger charge is 2.16. The van der Waals surface area contributed by atoms with E-state index in [9.17, 15) is 10.2 Å². The van der Waals surface area contributed by atoms with Gasteiger partial charge in [-0.2, -0.15) is 5.10 Å². The number of ether oxygens (including phenoxy) is 1. The molecule has 1 atom stereocenters. The number of aromatic hydroxyl groups is 2. The lowest BCUT2D eigenvalue weighted by atomic mass is 10.2. The van der Waals surface area contributed by atoms with Crippen LogP contribution in [0.1, 0.15) is 18.4 Å². The van der Waals surface area contributed by atoms with Crippen molar-refractivity contribution < 1.29 is 14.9 Å². The highest BCUT2D eigenvalue weighted by molar-refractivity contribution is 5.47. The van der Waals surface area contributed by atoms with Crippen molar-refractivity contribution in [2.24, 2.45) is 0 Å². The maximum absolute atomic E-state index is 9.74. The molecule has 1 unspecified atom stereocenters. The van der Waals surface area contributed by atoms with Gasteiger partial charge in [-0.15, -0.1) is 0 Å². The van der Waals surface area contributed by atoms with Crippen molar-refractivity contribution in [2.45, 2.75) is 32.0 Å². The second kappa shape index (κ2) is 6.05. The number of aromatic nitrogens is 2. The number of benzene rings is 1. The predicted molar refractivity (Wildman–Crippen MR) is 78.3 cm³/mol. The number of nitrogens with zero attached hydrogens (tertiary/aromatic N) is 2. The zero-order valence-corrected chi connectivity index (χ0v) is 11.7. The zero-order valence-electron chi connectivity index (χ0n) is 11.7. The average molecular weight is 289 g/mol. The summed E-state index contributed by atoms with van der Waals surface area (Å²) in [5.74, 6) is -0.194. The maximum atomic E-state index is 9.74. The minimum atomic E-state index is -0.108. The van der Waals surface area contributed by atoms with Crippen molar-refractivity contribution >= 4 is 5.69 Å². The number of hydrogen-bond acceptors (Lipinski definition) is 5. The molecule has 2 aromatic rings. The lowest BCUT2D eigenvalue weighted by Crippen LogP contribution is -2.15. The van der Waals surface area contributed by atoms with Gasteiger partial charge >= 0.3 is 0 Å². The lowest BCUT2D eigenvalue weighted by Gasteiger charge is -2.09. The van der Waals surface area contributed by atoms with E-state index in [1.54, 1.807) is 18.3 Å². The molecule has 6 heteroatoms. The number of anilines is 1. The number of nitrogens with one attached hydrogen (secondary N) is 1. The van der Waals surface area contributed by atoms with Crippen LogP contribution in [0.3, 0.4) is 0 Å². The minimum absolute atomic E-state index is 0.0863. The Hall–Kier alpha value is -2.21. The SMILES string of the molecule is Oc1cccc(CNc2cnn(CC3CCCO3)c2)c1O. The van der Waals surface area contributed by atoms with E-state index in [1.807, 2.05) is 10.9 Å². The third kappa shape index (κ3) is 3.28. The van der Waals surface area contributed by atoms with Gasteiger partial charge in [0.1, 0.15) is 0 Å². The number of phenolic OH excluding ortho intramolecular Hbond substituents is 2. The molecule has 1 aromatic heterocycles. The van der Waals surface area contributed by atoms with Crippen molar-refractivity contribution in [3.63, 3.8) is 0 Å². The van der Waals surface area contributed by atoms with Crippen molar-refractivity contribution in [2.75, 3.05) is 11.9 Å². The Bertz CT molecular complexity index is 606. The molecule has 3 rings (SSSR count). The van der Waals surface area contributed by atoms with Crippen LogP contribution >= 0.6 is 0 Å². The molecule has 0 amide bonds. The van der Waals surface area contributed by atoms with Gasteiger partial charge in [-0.25, -0.2) is 0 Å². The summed E-state index contributed by atoms with van der Waals surface area (Å²) in [5, 5.41) is 26.7. The van der Waals surface area contributed by atoms with Crippen LogP contribution in [0.25, 0.3) is 0 Å². The van der Waals surface area contributed by atoms with Crippen molar-refractivity contribution in [1.82, 2.24) is 9.78 Å². The molecule has 1 aliphatic rings. The molecule has 21 heavy (non-hydrogen) atoms. The van der Waals surface area contributed by atoms with Gasteiger partial charge in [0.25, 0.3) is 0 Å². The standard InChI is InChI=1S/C15H19N3O3/c19-14-5-1-3-11(15(14)20)7-16-12-8-17-18(9-12)10-13-4-2-6-21-13/h1,3,5,8-9,13,16,19-20H,2,4,6-7,10H2. The fourth-order valence-corrected chi connectivity index (χ4v) is 2.47. The molecule has 0 radical (unpaired) electrons. The molecule has 112 valence electrons. The molecule has 3 N–H and O–H groups in total. The first-order chi connectivity index (χ1) is 10.2. The quantitative estimate of drug-likeness (QED) is 0.734. The van der Waals surface area contributed by atoms with Gasteiger partial charge in [-0.1, -0.05) is 12.1 Å². The van der Waals surface area contributed by atoms with E-state index in [-0.39, 0.29) is 17.6 Å². The molecular weight excluding hydrogens is 270 g/mol. The van der Waals surface area contributed by atoms with Gasteiger partial charge in [0, 0.05) is 24.9 Å². The third-order valence-corrected chi connectivity index (χ3v) is 3.63. The normalized spacial score (nSPS) is 18.0. The predicted octanol–water partition coefficient (Wildman–Crippen LogP) is 2.09. The summed E-state index contributed by atoms with van der Waals surface area (Å²) in [5.41, 5.74) is 1.51. The van der Waals surface area contributed by atoms with Gasteiger partial charge < -0.3 is 20.3 Å². The van der Waals surface area contributed by atoms with E-state index in [4.69, 9.17) is 4.74 Å². The van der Waals surface area contributed by atoms with E-state index in [2.05, 4.69) is 10.4 Å². The highest BCUT2D eigenvalue weighted by atomic mass is 16.5. The van der Waals surface area contributed by atoms with Gasteiger partial charge in [0.15, 0.2) is 11.5 Å². The van der Waals surface area contributed by atoms with Crippen LogP contribution in [0.4, 0.5) is 5.69 Å². The summed E-state index contributed by atoms with van der Waals surface area (Å²) >= 11 is 0. The fraction of sp³-hybridized carbons (Fsp3) is 0.400. The van der Waals surface area contributed by atoms with Crippen molar-refractivity contribution in [3.8, 4) is 11.5 Å². The Labute approximate surface area is 123 Å². The average Bonchev–Trinajstić information content (AvgIpc) is 3.13.